The first-order valence-electron chi connectivity index (χ1n) is 6.92. The molecule has 118 valence electrons. The molecular formula is C16H19BrN2O3. The Bertz CT molecular complexity index is 716. The van der Waals surface area contributed by atoms with E-state index in [2.05, 4.69) is 20.9 Å². The summed E-state index contributed by atoms with van der Waals surface area (Å²) >= 11 is 3.44. The number of aromatic amines is 1. The lowest BCUT2D eigenvalue weighted by molar-refractivity contribution is -0.155. The molecule has 0 aliphatic heterocycles. The number of hydrogen-bond acceptors (Lipinski definition) is 3. The highest BCUT2D eigenvalue weighted by atomic mass is 79.9. The molecule has 22 heavy (non-hydrogen) atoms. The highest BCUT2D eigenvalue weighted by molar-refractivity contribution is 9.10. The van der Waals surface area contributed by atoms with E-state index in [0.717, 1.165) is 10.9 Å². The lowest BCUT2D eigenvalue weighted by Crippen LogP contribution is -2.36. The van der Waals surface area contributed by atoms with Crippen molar-refractivity contribution in [3.8, 4) is 0 Å². The van der Waals surface area contributed by atoms with Crippen LogP contribution in [0.1, 0.15) is 31.3 Å². The van der Waals surface area contributed by atoms with E-state index in [4.69, 9.17) is 4.74 Å². The van der Waals surface area contributed by atoms with Crippen molar-refractivity contribution in [1.82, 2.24) is 9.88 Å². The molecule has 0 aliphatic carbocycles. The van der Waals surface area contributed by atoms with Crippen LogP contribution in [0.5, 0.6) is 0 Å². The Hall–Kier alpha value is -1.82. The number of rotatable bonds is 3. The normalized spacial score (nSPS) is 11.5. The number of esters is 1. The minimum atomic E-state index is -0.567. The van der Waals surface area contributed by atoms with Crippen molar-refractivity contribution in [2.45, 2.75) is 26.4 Å². The number of halogens is 1. The number of benzene rings is 1. The number of fused-ring (bicyclic) bond motifs is 1. The number of hydrogen-bond donors (Lipinski definition) is 1. The summed E-state index contributed by atoms with van der Waals surface area (Å²) in [5.74, 6) is -0.704. The molecule has 0 bridgehead atoms. The Balaban J connectivity index is 2.16. The quantitative estimate of drug-likeness (QED) is 0.847. The first kappa shape index (κ1) is 16.5. The summed E-state index contributed by atoms with van der Waals surface area (Å²) < 4.78 is 5.93. The van der Waals surface area contributed by atoms with E-state index < -0.39 is 11.6 Å². The summed E-state index contributed by atoms with van der Waals surface area (Å²) in [6.07, 6.45) is 0. The van der Waals surface area contributed by atoms with Crippen LogP contribution in [0.4, 0.5) is 0 Å². The molecule has 1 amide bonds. The molecule has 2 aromatic rings. The van der Waals surface area contributed by atoms with Gasteiger partial charge in [0.25, 0.3) is 5.91 Å². The van der Waals surface area contributed by atoms with E-state index in [1.807, 2.05) is 24.3 Å². The van der Waals surface area contributed by atoms with Gasteiger partial charge in [-0.1, -0.05) is 18.2 Å². The van der Waals surface area contributed by atoms with Crippen molar-refractivity contribution >= 4 is 38.7 Å². The van der Waals surface area contributed by atoms with Gasteiger partial charge in [-0.3, -0.25) is 9.59 Å². The fourth-order valence-corrected chi connectivity index (χ4v) is 2.70. The van der Waals surface area contributed by atoms with E-state index in [0.29, 0.717) is 10.2 Å². The molecule has 1 aromatic carbocycles. The predicted octanol–water partition coefficient (Wildman–Crippen LogP) is 3.34. The van der Waals surface area contributed by atoms with Crippen LogP contribution >= 0.6 is 15.9 Å². The number of nitrogens with one attached hydrogen (secondary N) is 1. The Kier molecular flexibility index (Phi) is 4.60. The molecular weight excluding hydrogens is 348 g/mol. The average Bonchev–Trinajstić information content (AvgIpc) is 2.73. The van der Waals surface area contributed by atoms with Crippen molar-refractivity contribution in [3.63, 3.8) is 0 Å². The van der Waals surface area contributed by atoms with E-state index in [9.17, 15) is 9.59 Å². The number of likely N-dealkylation sites (N-methyl/N-ethyl adjacent to an activating group) is 1. The molecule has 0 unspecified atom stereocenters. The molecule has 0 aliphatic rings. The molecule has 2 rings (SSSR count). The van der Waals surface area contributed by atoms with Gasteiger partial charge in [-0.15, -0.1) is 0 Å². The average molecular weight is 367 g/mol. The fraction of sp³-hybridized carbons (Fsp3) is 0.375. The van der Waals surface area contributed by atoms with Crippen LogP contribution in [0.3, 0.4) is 0 Å². The van der Waals surface area contributed by atoms with Gasteiger partial charge < -0.3 is 14.6 Å². The van der Waals surface area contributed by atoms with Gasteiger partial charge in [0, 0.05) is 18.0 Å². The van der Waals surface area contributed by atoms with E-state index in [-0.39, 0.29) is 12.5 Å². The second-order valence-corrected chi connectivity index (χ2v) is 6.90. The van der Waals surface area contributed by atoms with Crippen LogP contribution in [0.2, 0.25) is 0 Å². The molecule has 0 saturated carbocycles. The standard InChI is InChI=1S/C16H19BrN2O3/c1-16(2,3)22-12(20)9-19(4)15(21)14-13(17)10-7-5-6-8-11(10)18-14/h5-8,18H,9H2,1-4H3. The minimum absolute atomic E-state index is 0.0993. The predicted molar refractivity (Wildman–Crippen MR) is 88.8 cm³/mol. The van der Waals surface area contributed by atoms with Gasteiger partial charge in [0.15, 0.2) is 0 Å². The molecule has 6 heteroatoms. The molecule has 1 aromatic heterocycles. The van der Waals surface area contributed by atoms with Crippen molar-refractivity contribution in [3.05, 3.63) is 34.4 Å². The van der Waals surface area contributed by atoms with Crippen LogP contribution < -0.4 is 0 Å². The lowest BCUT2D eigenvalue weighted by Gasteiger charge is -2.22. The first-order valence-corrected chi connectivity index (χ1v) is 7.72. The number of carbonyl (C=O) groups excluding carboxylic acids is 2. The molecule has 0 saturated heterocycles. The van der Waals surface area contributed by atoms with E-state index in [1.54, 1.807) is 27.8 Å². The third-order valence-corrected chi connectivity index (χ3v) is 3.81. The first-order chi connectivity index (χ1) is 10.2. The van der Waals surface area contributed by atoms with Gasteiger partial charge in [-0.25, -0.2) is 0 Å². The molecule has 5 nitrogen and oxygen atoms in total. The van der Waals surface area contributed by atoms with Crippen LogP contribution in [0, 0.1) is 0 Å². The van der Waals surface area contributed by atoms with Crippen LogP contribution in [-0.2, 0) is 9.53 Å². The van der Waals surface area contributed by atoms with E-state index >= 15 is 0 Å². The summed E-state index contributed by atoms with van der Waals surface area (Å²) in [5, 5.41) is 0.927. The second kappa shape index (κ2) is 6.12. The lowest BCUT2D eigenvalue weighted by atomic mass is 10.2. The summed E-state index contributed by atoms with van der Waals surface area (Å²) in [6, 6.07) is 7.61. The van der Waals surface area contributed by atoms with Crippen LogP contribution in [-0.4, -0.2) is 41.0 Å². The van der Waals surface area contributed by atoms with Gasteiger partial charge in [-0.05, 0) is 42.8 Å². The number of amides is 1. The minimum Gasteiger partial charge on any atom is -0.459 e. The Morgan fingerprint density at radius 3 is 2.50 bits per heavy atom. The molecule has 0 atom stereocenters. The molecule has 1 heterocycles. The number of nitrogens with zero attached hydrogens (tertiary/aromatic N) is 1. The third-order valence-electron chi connectivity index (χ3n) is 2.99. The molecule has 0 radical (unpaired) electrons. The summed E-state index contributed by atoms with van der Waals surface area (Å²) in [4.78, 5) is 28.7. The highest BCUT2D eigenvalue weighted by Gasteiger charge is 2.23. The number of para-hydroxylation sites is 1. The molecule has 0 spiro atoms. The number of H-pyrrole nitrogens is 1. The van der Waals surface area contributed by atoms with Crippen LogP contribution in [0.25, 0.3) is 10.9 Å². The van der Waals surface area contributed by atoms with E-state index in [1.165, 1.54) is 4.90 Å². The number of ether oxygens (including phenoxy) is 1. The van der Waals surface area contributed by atoms with Crippen LogP contribution in [0.15, 0.2) is 28.7 Å². The summed E-state index contributed by atoms with van der Waals surface area (Å²) in [7, 11) is 1.57. The Morgan fingerprint density at radius 2 is 1.91 bits per heavy atom. The highest BCUT2D eigenvalue weighted by Crippen LogP contribution is 2.28. The Morgan fingerprint density at radius 1 is 1.27 bits per heavy atom. The SMILES string of the molecule is CN(CC(=O)OC(C)(C)C)C(=O)c1[nH]c2ccccc2c1Br. The van der Waals surface area contributed by atoms with Gasteiger partial charge in [0.2, 0.25) is 0 Å². The Labute approximate surface area is 137 Å². The molecule has 1 N–H and O–H groups in total. The summed E-state index contributed by atoms with van der Waals surface area (Å²) in [6.45, 7) is 5.28. The maximum atomic E-state index is 12.5. The van der Waals surface area contributed by atoms with Crippen molar-refractivity contribution in [2.75, 3.05) is 13.6 Å². The van der Waals surface area contributed by atoms with Gasteiger partial charge in [-0.2, -0.15) is 0 Å². The zero-order valence-corrected chi connectivity index (χ0v) is 14.7. The second-order valence-electron chi connectivity index (χ2n) is 6.11. The smallest absolute Gasteiger partial charge is 0.326 e. The fourth-order valence-electron chi connectivity index (χ4n) is 2.09. The van der Waals surface area contributed by atoms with Gasteiger partial charge in [0.05, 0.1) is 4.47 Å². The number of aromatic nitrogens is 1. The number of carbonyl (C=O) groups is 2. The zero-order valence-electron chi connectivity index (χ0n) is 13.1. The zero-order chi connectivity index (χ0) is 16.5. The van der Waals surface area contributed by atoms with Gasteiger partial charge in [0.1, 0.15) is 17.8 Å². The maximum absolute atomic E-state index is 12.5. The van der Waals surface area contributed by atoms with Crippen molar-refractivity contribution < 1.29 is 14.3 Å². The van der Waals surface area contributed by atoms with Crippen molar-refractivity contribution in [1.29, 1.82) is 0 Å². The van der Waals surface area contributed by atoms with Crippen molar-refractivity contribution in [2.24, 2.45) is 0 Å². The largest absolute Gasteiger partial charge is 0.459 e. The topological polar surface area (TPSA) is 62.4 Å². The molecule has 0 fully saturated rings. The van der Waals surface area contributed by atoms with Gasteiger partial charge >= 0.3 is 5.97 Å². The third kappa shape index (κ3) is 3.68. The maximum Gasteiger partial charge on any atom is 0.326 e. The monoisotopic (exact) mass is 366 g/mol. The summed E-state index contributed by atoms with van der Waals surface area (Å²) in [5.41, 5.74) is 0.721.